The van der Waals surface area contributed by atoms with E-state index >= 15 is 0 Å². The smallest absolute Gasteiger partial charge is 0.0162 e. The van der Waals surface area contributed by atoms with Gasteiger partial charge in [-0.3, -0.25) is 0 Å². The van der Waals surface area contributed by atoms with Gasteiger partial charge in [0.15, 0.2) is 0 Å². The molecular formula is C14H22. The molecule has 1 aromatic carbocycles. The van der Waals surface area contributed by atoms with E-state index in [-0.39, 0.29) is 0 Å². The van der Waals surface area contributed by atoms with Crippen LogP contribution < -0.4 is 0 Å². The molecule has 0 nitrogen and oxygen atoms in total. The zero-order valence-corrected chi connectivity index (χ0v) is 9.93. The number of hydrogen-bond acceptors (Lipinski definition) is 0. The van der Waals surface area contributed by atoms with Gasteiger partial charge in [0.1, 0.15) is 0 Å². The van der Waals surface area contributed by atoms with Gasteiger partial charge in [-0.1, -0.05) is 38.5 Å². The molecule has 0 atom stereocenters. The minimum Gasteiger partial charge on any atom is -0.0683 e. The number of rotatable bonds is 1. The predicted molar refractivity (Wildman–Crippen MR) is 63.9 cm³/mol. The van der Waals surface area contributed by atoms with Crippen molar-refractivity contribution in [3.05, 3.63) is 34.9 Å². The third-order valence-corrected chi connectivity index (χ3v) is 3.11. The largest absolute Gasteiger partial charge is 0.0683 e. The molecule has 2 rings (SSSR count). The van der Waals surface area contributed by atoms with Crippen LogP contribution in [0.1, 0.15) is 55.7 Å². The lowest BCUT2D eigenvalue weighted by Crippen LogP contribution is -2.08. The Morgan fingerprint density at radius 2 is 1.64 bits per heavy atom. The molecule has 1 aliphatic rings. The maximum absolute atomic E-state index is 2.36. The summed E-state index contributed by atoms with van der Waals surface area (Å²) in [4.78, 5) is 0. The Hall–Kier alpha value is -0.780. The van der Waals surface area contributed by atoms with Crippen LogP contribution in [-0.2, 0) is 0 Å². The van der Waals surface area contributed by atoms with E-state index in [1.807, 2.05) is 13.8 Å². The summed E-state index contributed by atoms with van der Waals surface area (Å²) in [6.45, 7) is 8.39. The lowest BCUT2D eigenvalue weighted by molar-refractivity contribution is 0.419. The van der Waals surface area contributed by atoms with E-state index in [1.54, 1.807) is 5.56 Å². The zero-order valence-electron chi connectivity index (χ0n) is 9.93. The summed E-state index contributed by atoms with van der Waals surface area (Å²) in [5, 5.41) is 0. The SMILES string of the molecule is CC.Cc1ccc(C2CCC2)cc1C. The van der Waals surface area contributed by atoms with Gasteiger partial charge >= 0.3 is 0 Å². The molecule has 0 bridgehead atoms. The summed E-state index contributed by atoms with van der Waals surface area (Å²) in [5.41, 5.74) is 4.42. The van der Waals surface area contributed by atoms with E-state index in [0.29, 0.717) is 0 Å². The Bertz CT molecular complexity index is 282. The van der Waals surface area contributed by atoms with Crippen molar-refractivity contribution in [3.8, 4) is 0 Å². The molecule has 1 aromatic rings. The monoisotopic (exact) mass is 190 g/mol. The molecule has 0 radical (unpaired) electrons. The molecule has 0 aliphatic heterocycles. The van der Waals surface area contributed by atoms with Gasteiger partial charge < -0.3 is 0 Å². The Labute approximate surface area is 88.4 Å². The van der Waals surface area contributed by atoms with Gasteiger partial charge in [0.2, 0.25) is 0 Å². The first-order valence-corrected chi connectivity index (χ1v) is 5.84. The van der Waals surface area contributed by atoms with Crippen molar-refractivity contribution in [2.24, 2.45) is 0 Å². The van der Waals surface area contributed by atoms with Crippen LogP contribution >= 0.6 is 0 Å². The van der Waals surface area contributed by atoms with Gasteiger partial charge in [-0.15, -0.1) is 0 Å². The summed E-state index contributed by atoms with van der Waals surface area (Å²) in [7, 11) is 0. The van der Waals surface area contributed by atoms with Gasteiger partial charge in [0.25, 0.3) is 0 Å². The molecule has 0 amide bonds. The fraction of sp³-hybridized carbons (Fsp3) is 0.571. The van der Waals surface area contributed by atoms with E-state index in [0.717, 1.165) is 5.92 Å². The molecule has 0 saturated heterocycles. The second-order valence-corrected chi connectivity index (χ2v) is 3.97. The van der Waals surface area contributed by atoms with E-state index in [1.165, 1.54) is 30.4 Å². The molecule has 14 heavy (non-hydrogen) atoms. The van der Waals surface area contributed by atoms with Crippen LogP contribution in [0, 0.1) is 13.8 Å². The lowest BCUT2D eigenvalue weighted by atomic mass is 9.79. The van der Waals surface area contributed by atoms with Crippen LogP contribution in [0.2, 0.25) is 0 Å². The Balaban J connectivity index is 0.000000461. The van der Waals surface area contributed by atoms with Crippen LogP contribution in [-0.4, -0.2) is 0 Å². The molecule has 78 valence electrons. The van der Waals surface area contributed by atoms with Crippen molar-refractivity contribution in [2.75, 3.05) is 0 Å². The molecule has 1 saturated carbocycles. The second-order valence-electron chi connectivity index (χ2n) is 3.97. The van der Waals surface area contributed by atoms with E-state index in [2.05, 4.69) is 32.0 Å². The van der Waals surface area contributed by atoms with Crippen molar-refractivity contribution < 1.29 is 0 Å². The molecule has 1 aliphatic carbocycles. The summed E-state index contributed by atoms with van der Waals surface area (Å²) >= 11 is 0. The van der Waals surface area contributed by atoms with Crippen molar-refractivity contribution >= 4 is 0 Å². The summed E-state index contributed by atoms with van der Waals surface area (Å²) < 4.78 is 0. The van der Waals surface area contributed by atoms with E-state index in [9.17, 15) is 0 Å². The Morgan fingerprint density at radius 3 is 2.07 bits per heavy atom. The minimum atomic E-state index is 0.879. The fourth-order valence-corrected chi connectivity index (χ4v) is 1.76. The van der Waals surface area contributed by atoms with Crippen LogP contribution in [0.5, 0.6) is 0 Å². The van der Waals surface area contributed by atoms with Crippen LogP contribution in [0.3, 0.4) is 0 Å². The highest BCUT2D eigenvalue weighted by Crippen LogP contribution is 2.36. The van der Waals surface area contributed by atoms with Crippen LogP contribution in [0.25, 0.3) is 0 Å². The summed E-state index contributed by atoms with van der Waals surface area (Å²) in [6, 6.07) is 6.91. The molecule has 0 spiro atoms. The van der Waals surface area contributed by atoms with E-state index < -0.39 is 0 Å². The second kappa shape index (κ2) is 5.19. The first-order chi connectivity index (χ1) is 6.77. The first-order valence-electron chi connectivity index (χ1n) is 5.84. The third-order valence-electron chi connectivity index (χ3n) is 3.11. The Kier molecular flexibility index (Phi) is 4.19. The summed E-state index contributed by atoms with van der Waals surface area (Å²) in [5.74, 6) is 0.879. The van der Waals surface area contributed by atoms with Crippen molar-refractivity contribution in [1.82, 2.24) is 0 Å². The standard InChI is InChI=1S/C12H16.C2H6/c1-9-6-7-12(8-10(9)2)11-4-3-5-11;1-2/h6-8,11H,3-5H2,1-2H3;1-2H3. The Morgan fingerprint density at radius 1 is 1.00 bits per heavy atom. The average molecular weight is 190 g/mol. The molecule has 0 heterocycles. The average Bonchev–Trinajstić information content (AvgIpc) is 2.12. The van der Waals surface area contributed by atoms with Crippen molar-refractivity contribution in [2.45, 2.75) is 52.9 Å². The highest BCUT2D eigenvalue weighted by atomic mass is 14.2. The molecular weight excluding hydrogens is 168 g/mol. The van der Waals surface area contributed by atoms with Gasteiger partial charge in [-0.25, -0.2) is 0 Å². The molecule has 0 unspecified atom stereocenters. The number of aryl methyl sites for hydroxylation is 2. The number of hydrogen-bond donors (Lipinski definition) is 0. The maximum atomic E-state index is 2.36. The predicted octanol–water partition coefficient (Wildman–Crippen LogP) is 4.60. The lowest BCUT2D eigenvalue weighted by Gasteiger charge is -2.26. The third kappa shape index (κ3) is 2.37. The van der Waals surface area contributed by atoms with Gasteiger partial charge in [0.05, 0.1) is 0 Å². The molecule has 0 heteroatoms. The van der Waals surface area contributed by atoms with Gasteiger partial charge in [-0.2, -0.15) is 0 Å². The fourth-order valence-electron chi connectivity index (χ4n) is 1.76. The topological polar surface area (TPSA) is 0 Å². The van der Waals surface area contributed by atoms with Gasteiger partial charge in [-0.05, 0) is 49.3 Å². The van der Waals surface area contributed by atoms with E-state index in [4.69, 9.17) is 0 Å². The molecule has 1 fully saturated rings. The zero-order chi connectivity index (χ0) is 10.6. The van der Waals surface area contributed by atoms with Crippen molar-refractivity contribution in [1.29, 1.82) is 0 Å². The number of benzene rings is 1. The molecule has 0 aromatic heterocycles. The first kappa shape index (κ1) is 11.3. The maximum Gasteiger partial charge on any atom is -0.0162 e. The quantitative estimate of drug-likeness (QED) is 0.607. The minimum absolute atomic E-state index is 0.879. The summed E-state index contributed by atoms with van der Waals surface area (Å²) in [6.07, 6.45) is 4.24. The highest BCUT2D eigenvalue weighted by molar-refractivity contribution is 5.32. The molecule has 0 N–H and O–H groups in total. The van der Waals surface area contributed by atoms with Crippen LogP contribution in [0.15, 0.2) is 18.2 Å². The highest BCUT2D eigenvalue weighted by Gasteiger charge is 2.19. The van der Waals surface area contributed by atoms with Crippen LogP contribution in [0.4, 0.5) is 0 Å². The van der Waals surface area contributed by atoms with Gasteiger partial charge in [0, 0.05) is 0 Å². The van der Waals surface area contributed by atoms with Crippen molar-refractivity contribution in [3.63, 3.8) is 0 Å². The normalized spacial score (nSPS) is 15.4.